The Hall–Kier alpha value is -1.17. The third-order valence-corrected chi connectivity index (χ3v) is 14.8. The highest BCUT2D eigenvalue weighted by Gasteiger charge is 2.58. The van der Waals surface area contributed by atoms with E-state index in [1.165, 1.54) is 18.4 Å². The van der Waals surface area contributed by atoms with Gasteiger partial charge in [-0.05, 0) is 123 Å². The molecule has 0 radical (unpaired) electrons. The Balaban J connectivity index is 1.42. The predicted molar refractivity (Wildman–Crippen MR) is 162 cm³/mol. The standard InChI is InChI=1S/C35H54O4S/c1-7-35(37)20-18-26-24(22-35)13-14-28-27(26)17-19-34(6)29(15-16-30(28)34)23(2)31(21-32(36)33(3,4)5)40(38,39)25-11-9-8-10-12-25/h8-13,23,26-32,36-37H,7,14-22H2,1-6H3/t23-,26-,27+,28+,29+,30-,31?,32-,34+,35-/m0/s1. The summed E-state index contributed by atoms with van der Waals surface area (Å²) in [5, 5.41) is 21.6. The average molecular weight is 571 g/mol. The van der Waals surface area contributed by atoms with E-state index < -0.39 is 26.8 Å². The molecule has 2 N–H and O–H groups in total. The van der Waals surface area contributed by atoms with E-state index in [-0.39, 0.29) is 23.2 Å². The van der Waals surface area contributed by atoms with Crippen LogP contribution in [0.25, 0.3) is 0 Å². The van der Waals surface area contributed by atoms with Crippen LogP contribution in [0.2, 0.25) is 0 Å². The van der Waals surface area contributed by atoms with Gasteiger partial charge in [-0.3, -0.25) is 0 Å². The Labute approximate surface area is 244 Å². The van der Waals surface area contributed by atoms with E-state index >= 15 is 0 Å². The molecule has 0 spiro atoms. The Bertz CT molecular complexity index is 1180. The molecule has 1 aromatic carbocycles. The van der Waals surface area contributed by atoms with Crippen molar-refractivity contribution in [3.63, 3.8) is 0 Å². The van der Waals surface area contributed by atoms with Crippen LogP contribution in [-0.2, 0) is 9.84 Å². The summed E-state index contributed by atoms with van der Waals surface area (Å²) in [5.74, 6) is 2.92. The van der Waals surface area contributed by atoms with E-state index in [1.54, 1.807) is 24.3 Å². The molecule has 224 valence electrons. The van der Waals surface area contributed by atoms with Crippen molar-refractivity contribution in [1.29, 1.82) is 0 Å². The molecule has 5 heteroatoms. The summed E-state index contributed by atoms with van der Waals surface area (Å²) in [4.78, 5) is 0.380. The summed E-state index contributed by atoms with van der Waals surface area (Å²) in [6.45, 7) is 12.8. The molecule has 40 heavy (non-hydrogen) atoms. The number of allylic oxidation sites excluding steroid dienone is 1. The fourth-order valence-corrected chi connectivity index (χ4v) is 11.9. The second-order valence-corrected chi connectivity index (χ2v) is 17.6. The van der Waals surface area contributed by atoms with Crippen LogP contribution in [0.1, 0.15) is 106 Å². The van der Waals surface area contributed by atoms with Gasteiger partial charge in [0.15, 0.2) is 9.84 Å². The smallest absolute Gasteiger partial charge is 0.181 e. The number of aliphatic hydroxyl groups excluding tert-OH is 1. The third-order valence-electron chi connectivity index (χ3n) is 12.5. The number of benzene rings is 1. The van der Waals surface area contributed by atoms with Crippen LogP contribution in [0.3, 0.4) is 0 Å². The van der Waals surface area contributed by atoms with E-state index in [4.69, 9.17) is 0 Å². The molecule has 0 heterocycles. The summed E-state index contributed by atoms with van der Waals surface area (Å²) in [7, 11) is -3.60. The van der Waals surface area contributed by atoms with Gasteiger partial charge in [-0.1, -0.05) is 71.4 Å². The monoisotopic (exact) mass is 570 g/mol. The summed E-state index contributed by atoms with van der Waals surface area (Å²) in [5.41, 5.74) is 0.763. The van der Waals surface area contributed by atoms with Gasteiger partial charge in [0, 0.05) is 0 Å². The summed E-state index contributed by atoms with van der Waals surface area (Å²) in [6, 6.07) is 8.92. The Morgan fingerprint density at radius 2 is 1.73 bits per heavy atom. The maximum absolute atomic E-state index is 14.2. The molecule has 0 aliphatic heterocycles. The van der Waals surface area contributed by atoms with Crippen molar-refractivity contribution in [3.8, 4) is 0 Å². The molecule has 0 amide bonds. The van der Waals surface area contributed by atoms with Gasteiger partial charge in [-0.25, -0.2) is 8.42 Å². The van der Waals surface area contributed by atoms with Crippen LogP contribution in [0, 0.1) is 46.3 Å². The lowest BCUT2D eigenvalue weighted by atomic mass is 9.50. The number of fused-ring (bicyclic) bond motifs is 5. The summed E-state index contributed by atoms with van der Waals surface area (Å²) < 4.78 is 28.4. The molecule has 10 atom stereocenters. The molecule has 5 rings (SSSR count). The molecule has 3 saturated carbocycles. The van der Waals surface area contributed by atoms with Crippen LogP contribution in [0.15, 0.2) is 46.9 Å². The van der Waals surface area contributed by atoms with Crippen LogP contribution < -0.4 is 0 Å². The van der Waals surface area contributed by atoms with Gasteiger partial charge in [-0.2, -0.15) is 0 Å². The highest BCUT2D eigenvalue weighted by Crippen LogP contribution is 2.65. The number of rotatable bonds is 7. The molecular weight excluding hydrogens is 516 g/mol. The minimum Gasteiger partial charge on any atom is -0.393 e. The van der Waals surface area contributed by atoms with E-state index in [0.29, 0.717) is 34.5 Å². The van der Waals surface area contributed by atoms with Crippen molar-refractivity contribution >= 4 is 9.84 Å². The highest BCUT2D eigenvalue weighted by atomic mass is 32.2. The van der Waals surface area contributed by atoms with E-state index in [2.05, 4.69) is 26.8 Å². The zero-order chi connectivity index (χ0) is 29.1. The summed E-state index contributed by atoms with van der Waals surface area (Å²) in [6.07, 6.45) is 11.6. The van der Waals surface area contributed by atoms with Crippen LogP contribution in [0.4, 0.5) is 0 Å². The van der Waals surface area contributed by atoms with E-state index in [0.717, 1.165) is 44.9 Å². The Morgan fingerprint density at radius 1 is 1.02 bits per heavy atom. The first-order valence-electron chi connectivity index (χ1n) is 16.1. The maximum Gasteiger partial charge on any atom is 0.181 e. The van der Waals surface area contributed by atoms with Crippen LogP contribution in [0.5, 0.6) is 0 Å². The second kappa shape index (κ2) is 10.8. The van der Waals surface area contributed by atoms with E-state index in [9.17, 15) is 18.6 Å². The number of hydrogen-bond donors (Lipinski definition) is 2. The van der Waals surface area contributed by atoms with Crippen LogP contribution >= 0.6 is 0 Å². The van der Waals surface area contributed by atoms with Gasteiger partial charge in [0.2, 0.25) is 0 Å². The van der Waals surface area contributed by atoms with Crippen molar-refractivity contribution in [1.82, 2.24) is 0 Å². The molecule has 0 saturated heterocycles. The number of aliphatic hydroxyl groups is 2. The largest absolute Gasteiger partial charge is 0.393 e. The molecule has 4 aliphatic carbocycles. The fraction of sp³-hybridized carbons (Fsp3) is 0.771. The van der Waals surface area contributed by atoms with Gasteiger partial charge in [0.1, 0.15) is 0 Å². The molecule has 1 unspecified atom stereocenters. The first kappa shape index (κ1) is 30.3. The van der Waals surface area contributed by atoms with Crippen molar-refractivity contribution in [3.05, 3.63) is 42.0 Å². The normalized spacial score (nSPS) is 38.4. The van der Waals surface area contributed by atoms with Crippen molar-refractivity contribution < 1.29 is 18.6 Å². The number of hydrogen-bond acceptors (Lipinski definition) is 4. The summed E-state index contributed by atoms with van der Waals surface area (Å²) >= 11 is 0. The highest BCUT2D eigenvalue weighted by molar-refractivity contribution is 7.92. The lowest BCUT2D eigenvalue weighted by Crippen LogP contribution is -2.49. The molecule has 4 aliphatic rings. The minimum atomic E-state index is -3.60. The van der Waals surface area contributed by atoms with Gasteiger partial charge < -0.3 is 10.2 Å². The van der Waals surface area contributed by atoms with Crippen molar-refractivity contribution in [2.45, 2.75) is 128 Å². The molecule has 3 fully saturated rings. The quantitative estimate of drug-likeness (QED) is 0.331. The Morgan fingerprint density at radius 3 is 2.38 bits per heavy atom. The second-order valence-electron chi connectivity index (χ2n) is 15.5. The maximum atomic E-state index is 14.2. The van der Waals surface area contributed by atoms with E-state index in [1.807, 2.05) is 26.8 Å². The predicted octanol–water partition coefficient (Wildman–Crippen LogP) is 7.59. The van der Waals surface area contributed by atoms with Crippen molar-refractivity contribution in [2.75, 3.05) is 0 Å². The van der Waals surface area contributed by atoms with Crippen LogP contribution in [-0.4, -0.2) is 35.6 Å². The first-order valence-corrected chi connectivity index (χ1v) is 17.6. The molecular formula is C35H54O4S. The molecule has 0 aromatic heterocycles. The minimum absolute atomic E-state index is 0.0299. The zero-order valence-electron chi connectivity index (χ0n) is 25.8. The van der Waals surface area contributed by atoms with Crippen molar-refractivity contribution in [2.24, 2.45) is 46.3 Å². The SMILES string of the molecule is CC[C@]1(O)CC[C@H]2C(=CC[C@@H]3[C@@H]2CC[C@]2(C)[C@@H]([C@H](C)C(C[C@H](O)C(C)(C)C)S(=O)(=O)c4ccccc4)CC[C@@H]32)C1. The topological polar surface area (TPSA) is 74.6 Å². The van der Waals surface area contributed by atoms with Gasteiger partial charge >= 0.3 is 0 Å². The fourth-order valence-electron chi connectivity index (χ4n) is 9.81. The number of sulfone groups is 1. The lowest BCUT2D eigenvalue weighted by molar-refractivity contribution is -0.0468. The van der Waals surface area contributed by atoms with Gasteiger partial charge in [0.05, 0.1) is 21.9 Å². The van der Waals surface area contributed by atoms with Gasteiger partial charge in [0.25, 0.3) is 0 Å². The average Bonchev–Trinajstić information content (AvgIpc) is 3.28. The third kappa shape index (κ3) is 5.26. The van der Waals surface area contributed by atoms with Gasteiger partial charge in [-0.15, -0.1) is 0 Å². The molecule has 4 nitrogen and oxygen atoms in total. The lowest BCUT2D eigenvalue weighted by Gasteiger charge is -2.55. The zero-order valence-corrected chi connectivity index (χ0v) is 26.6. The first-order chi connectivity index (χ1) is 18.7. The molecule has 1 aromatic rings. The Kier molecular flexibility index (Phi) is 8.20. The molecule has 0 bridgehead atoms.